The molecule has 122 valence electrons. The molecule has 1 rings (SSSR count). The average Bonchev–Trinajstić information content (AvgIpc) is 2.55. The van der Waals surface area contributed by atoms with E-state index in [1.54, 1.807) is 0 Å². The summed E-state index contributed by atoms with van der Waals surface area (Å²) >= 11 is 0. The van der Waals surface area contributed by atoms with E-state index in [2.05, 4.69) is 23.8 Å². The van der Waals surface area contributed by atoms with Crippen molar-refractivity contribution in [2.45, 2.75) is 66.2 Å². The molecule has 0 unspecified atom stereocenters. The van der Waals surface area contributed by atoms with Crippen molar-refractivity contribution in [3.05, 3.63) is 29.6 Å². The van der Waals surface area contributed by atoms with Crippen LogP contribution < -0.4 is 0 Å². The SMILES string of the molecule is CCCCCN=C(C)c1cccc(C(C)=NCCCCC)n1. The molecule has 1 aromatic heterocycles. The Kier molecular flexibility index (Phi) is 9.36. The first-order chi connectivity index (χ1) is 10.7. The molecule has 0 bridgehead atoms. The second-order valence-electron chi connectivity index (χ2n) is 5.76. The fourth-order valence-electron chi connectivity index (χ4n) is 2.22. The van der Waals surface area contributed by atoms with Crippen LogP contribution in [0.1, 0.15) is 77.6 Å². The summed E-state index contributed by atoms with van der Waals surface area (Å²) in [7, 11) is 0. The molecule has 3 heteroatoms. The van der Waals surface area contributed by atoms with Crippen molar-refractivity contribution in [1.82, 2.24) is 4.98 Å². The van der Waals surface area contributed by atoms with Crippen LogP contribution in [0.2, 0.25) is 0 Å². The number of nitrogens with zero attached hydrogens (tertiary/aromatic N) is 3. The molecule has 3 nitrogen and oxygen atoms in total. The second-order valence-corrected chi connectivity index (χ2v) is 5.76. The number of hydrogen-bond acceptors (Lipinski definition) is 3. The highest BCUT2D eigenvalue weighted by Gasteiger charge is 2.03. The highest BCUT2D eigenvalue weighted by molar-refractivity contribution is 6.00. The number of unbranched alkanes of at least 4 members (excludes halogenated alkanes) is 4. The number of rotatable bonds is 10. The van der Waals surface area contributed by atoms with Gasteiger partial charge in [-0.2, -0.15) is 0 Å². The molecule has 0 radical (unpaired) electrons. The van der Waals surface area contributed by atoms with Gasteiger partial charge in [0, 0.05) is 13.1 Å². The highest BCUT2D eigenvalue weighted by Crippen LogP contribution is 2.05. The maximum atomic E-state index is 4.71. The van der Waals surface area contributed by atoms with Crippen molar-refractivity contribution in [2.75, 3.05) is 13.1 Å². The predicted molar refractivity (Wildman–Crippen MR) is 97.4 cm³/mol. The van der Waals surface area contributed by atoms with Crippen LogP contribution in [0.15, 0.2) is 28.2 Å². The summed E-state index contributed by atoms with van der Waals surface area (Å²) in [4.78, 5) is 14.0. The van der Waals surface area contributed by atoms with Crippen LogP contribution in [-0.2, 0) is 0 Å². The zero-order chi connectivity index (χ0) is 16.2. The van der Waals surface area contributed by atoms with Gasteiger partial charge in [-0.25, -0.2) is 4.98 Å². The Bertz CT molecular complexity index is 448. The smallest absolute Gasteiger partial charge is 0.0845 e. The van der Waals surface area contributed by atoms with Gasteiger partial charge in [-0.1, -0.05) is 45.6 Å². The molecule has 1 heterocycles. The Hall–Kier alpha value is -1.51. The molecule has 0 saturated carbocycles. The zero-order valence-corrected chi connectivity index (χ0v) is 14.7. The van der Waals surface area contributed by atoms with Gasteiger partial charge >= 0.3 is 0 Å². The van der Waals surface area contributed by atoms with Gasteiger partial charge in [-0.15, -0.1) is 0 Å². The summed E-state index contributed by atoms with van der Waals surface area (Å²) in [6.45, 7) is 10.3. The summed E-state index contributed by atoms with van der Waals surface area (Å²) in [5, 5.41) is 0. The van der Waals surface area contributed by atoms with Gasteiger partial charge in [0.05, 0.1) is 22.8 Å². The minimum absolute atomic E-state index is 0.898. The van der Waals surface area contributed by atoms with E-state index in [0.29, 0.717) is 0 Å². The summed E-state index contributed by atoms with van der Waals surface area (Å²) in [6, 6.07) is 6.12. The van der Waals surface area contributed by atoms with Gasteiger partial charge in [-0.05, 0) is 38.8 Å². The van der Waals surface area contributed by atoms with Gasteiger partial charge in [0.25, 0.3) is 0 Å². The Morgan fingerprint density at radius 2 is 1.27 bits per heavy atom. The zero-order valence-electron chi connectivity index (χ0n) is 14.7. The van der Waals surface area contributed by atoms with Crippen LogP contribution in [0.4, 0.5) is 0 Å². The lowest BCUT2D eigenvalue weighted by Crippen LogP contribution is -2.06. The van der Waals surface area contributed by atoms with Crippen LogP contribution in [0.3, 0.4) is 0 Å². The van der Waals surface area contributed by atoms with E-state index in [-0.39, 0.29) is 0 Å². The summed E-state index contributed by atoms with van der Waals surface area (Å²) in [6.07, 6.45) is 7.27. The Morgan fingerprint density at radius 1 is 0.818 bits per heavy atom. The van der Waals surface area contributed by atoms with Crippen molar-refractivity contribution in [2.24, 2.45) is 9.98 Å². The monoisotopic (exact) mass is 301 g/mol. The number of aliphatic imine (C=N–C) groups is 2. The lowest BCUT2D eigenvalue weighted by molar-refractivity contribution is 0.727. The van der Waals surface area contributed by atoms with E-state index >= 15 is 0 Å². The quantitative estimate of drug-likeness (QED) is 0.438. The molecule has 22 heavy (non-hydrogen) atoms. The Morgan fingerprint density at radius 3 is 1.68 bits per heavy atom. The predicted octanol–water partition coefficient (Wildman–Crippen LogP) is 5.08. The Balaban J connectivity index is 2.68. The lowest BCUT2D eigenvalue weighted by Gasteiger charge is -2.05. The Labute approximate surface area is 136 Å². The van der Waals surface area contributed by atoms with Gasteiger partial charge in [-0.3, -0.25) is 9.98 Å². The van der Waals surface area contributed by atoms with E-state index in [1.807, 2.05) is 32.0 Å². The van der Waals surface area contributed by atoms with Gasteiger partial charge in [0.1, 0.15) is 0 Å². The average molecular weight is 301 g/mol. The molecule has 0 N–H and O–H groups in total. The maximum absolute atomic E-state index is 4.71. The molecule has 0 amide bonds. The molecule has 0 aromatic carbocycles. The van der Waals surface area contributed by atoms with Gasteiger partial charge in [0.15, 0.2) is 0 Å². The van der Waals surface area contributed by atoms with Crippen molar-refractivity contribution < 1.29 is 0 Å². The fourth-order valence-corrected chi connectivity index (χ4v) is 2.22. The van der Waals surface area contributed by atoms with E-state index in [9.17, 15) is 0 Å². The third-order valence-corrected chi connectivity index (χ3v) is 3.71. The summed E-state index contributed by atoms with van der Waals surface area (Å²) in [5.74, 6) is 0. The first-order valence-electron chi connectivity index (χ1n) is 8.69. The normalized spacial score (nSPS) is 12.7. The van der Waals surface area contributed by atoms with Crippen molar-refractivity contribution in [1.29, 1.82) is 0 Å². The largest absolute Gasteiger partial charge is 0.288 e. The van der Waals surface area contributed by atoms with E-state index in [4.69, 9.17) is 4.98 Å². The van der Waals surface area contributed by atoms with E-state index in [1.165, 1.54) is 25.7 Å². The number of pyridine rings is 1. The summed E-state index contributed by atoms with van der Waals surface area (Å²) in [5.41, 5.74) is 3.99. The molecule has 0 aliphatic carbocycles. The molecule has 0 aliphatic rings. The lowest BCUT2D eigenvalue weighted by atomic mass is 10.2. The van der Waals surface area contributed by atoms with Crippen LogP contribution >= 0.6 is 0 Å². The van der Waals surface area contributed by atoms with Crippen molar-refractivity contribution in [3.8, 4) is 0 Å². The van der Waals surface area contributed by atoms with Crippen LogP contribution in [-0.4, -0.2) is 29.5 Å². The third-order valence-electron chi connectivity index (χ3n) is 3.71. The fraction of sp³-hybridized carbons (Fsp3) is 0.632. The molecule has 0 fully saturated rings. The maximum Gasteiger partial charge on any atom is 0.0845 e. The third kappa shape index (κ3) is 6.97. The van der Waals surface area contributed by atoms with Gasteiger partial charge in [0.2, 0.25) is 0 Å². The number of hydrogen-bond donors (Lipinski definition) is 0. The topological polar surface area (TPSA) is 37.6 Å². The standard InChI is InChI=1S/C19H31N3/c1-5-7-9-14-20-16(3)18-12-11-13-19(22-18)17(4)21-15-10-8-6-2/h11-13H,5-10,14-15H2,1-4H3. The van der Waals surface area contributed by atoms with Gasteiger partial charge < -0.3 is 0 Å². The van der Waals surface area contributed by atoms with Crippen molar-refractivity contribution >= 4 is 11.4 Å². The summed E-state index contributed by atoms with van der Waals surface area (Å²) < 4.78 is 0. The van der Waals surface area contributed by atoms with Crippen LogP contribution in [0.5, 0.6) is 0 Å². The van der Waals surface area contributed by atoms with Crippen molar-refractivity contribution in [3.63, 3.8) is 0 Å². The first-order valence-corrected chi connectivity index (χ1v) is 8.69. The van der Waals surface area contributed by atoms with E-state index in [0.717, 1.165) is 48.7 Å². The molecular formula is C19H31N3. The molecule has 0 atom stereocenters. The van der Waals surface area contributed by atoms with E-state index < -0.39 is 0 Å². The number of aromatic nitrogens is 1. The molecule has 0 spiro atoms. The molecule has 0 aliphatic heterocycles. The molecule has 1 aromatic rings. The minimum atomic E-state index is 0.898. The second kappa shape index (κ2) is 11.1. The van der Waals surface area contributed by atoms with Crippen LogP contribution in [0.25, 0.3) is 0 Å². The highest BCUT2D eigenvalue weighted by atomic mass is 14.8. The molecule has 0 saturated heterocycles. The van der Waals surface area contributed by atoms with Crippen LogP contribution in [0, 0.1) is 0 Å². The minimum Gasteiger partial charge on any atom is -0.288 e. The molecular weight excluding hydrogens is 270 g/mol. The first kappa shape index (κ1) is 18.5.